The molecule has 0 aliphatic heterocycles. The molecule has 0 aliphatic rings. The normalized spacial score (nSPS) is 9.43. The van der Waals surface area contributed by atoms with Crippen molar-refractivity contribution in [2.45, 2.75) is 13.8 Å². The molecule has 1 aromatic rings. The van der Waals surface area contributed by atoms with Crippen LogP contribution in [0.25, 0.3) is 0 Å². The van der Waals surface area contributed by atoms with Gasteiger partial charge in [-0.1, -0.05) is 0 Å². The molecule has 2 N–H and O–H groups in total. The third-order valence-corrected chi connectivity index (χ3v) is 2.22. The molecule has 0 radical (unpaired) electrons. The van der Waals surface area contributed by atoms with E-state index in [2.05, 4.69) is 19.2 Å². The minimum atomic E-state index is -1.46. The van der Waals surface area contributed by atoms with Gasteiger partial charge < -0.3 is 10.4 Å². The maximum atomic E-state index is 11.1. The van der Waals surface area contributed by atoms with Crippen LogP contribution in [-0.4, -0.2) is 27.9 Å². The van der Waals surface area contributed by atoms with Gasteiger partial charge in [0.2, 0.25) is 0 Å². The average Bonchev–Trinajstić information content (AvgIpc) is 2.39. The monoisotopic (exact) mass is 302 g/mol. The highest BCUT2D eigenvalue weighted by Crippen LogP contribution is 2.36. The van der Waals surface area contributed by atoms with Crippen molar-refractivity contribution in [3.63, 3.8) is 0 Å². The van der Waals surface area contributed by atoms with Crippen LogP contribution in [-0.2, 0) is 0 Å². The van der Waals surface area contributed by atoms with E-state index < -0.39 is 37.6 Å². The Balaban J connectivity index is 0.000000690. The van der Waals surface area contributed by atoms with E-state index in [9.17, 15) is 35.4 Å². The maximum absolute atomic E-state index is 11.1. The summed E-state index contributed by atoms with van der Waals surface area (Å²) in [5.41, 5.74) is -3.26. The molecule has 1 aromatic carbocycles. The number of hydrogen-bond acceptors (Lipinski definition) is 7. The molecule has 0 amide bonds. The van der Waals surface area contributed by atoms with Crippen molar-refractivity contribution >= 4 is 17.1 Å². The summed E-state index contributed by atoms with van der Waals surface area (Å²) in [4.78, 5) is 27.5. The largest absolute Gasteiger partial charge is 0.863 e. The predicted octanol–water partition coefficient (Wildman–Crippen LogP) is 0.0744. The fraction of sp³-hybridized carbons (Fsp3) is 0.400. The van der Waals surface area contributed by atoms with Crippen molar-refractivity contribution in [1.82, 2.24) is 0 Å². The SMILES string of the molecule is CC[NH2+]CC.O=[N+]([O-])c1cc([N+](=O)[O-])c([O-])c([N+](=O)[O-])c1. The molecule has 0 atom stereocenters. The van der Waals surface area contributed by atoms with Gasteiger partial charge in [0.05, 0.1) is 45.7 Å². The molecular formula is C10H14N4O7. The second kappa shape index (κ2) is 8.37. The lowest BCUT2D eigenvalue weighted by Gasteiger charge is -2.06. The van der Waals surface area contributed by atoms with Gasteiger partial charge in [-0.15, -0.1) is 0 Å². The first kappa shape index (κ1) is 18.2. The van der Waals surface area contributed by atoms with Gasteiger partial charge in [0.25, 0.3) is 17.1 Å². The molecule has 0 aromatic heterocycles. The molecule has 11 heteroatoms. The summed E-state index contributed by atoms with van der Waals surface area (Å²) in [5.74, 6) is -1.46. The first-order chi connectivity index (χ1) is 9.76. The third-order valence-electron chi connectivity index (χ3n) is 2.22. The highest BCUT2D eigenvalue weighted by atomic mass is 16.6. The lowest BCUT2D eigenvalue weighted by atomic mass is 10.2. The Labute approximate surface area is 118 Å². The number of rotatable bonds is 5. The smallest absolute Gasteiger partial charge is 0.283 e. The minimum absolute atomic E-state index is 0.384. The number of hydrogen-bond donors (Lipinski definition) is 1. The summed E-state index contributed by atoms with van der Waals surface area (Å²) in [6.07, 6.45) is 0. The lowest BCUT2D eigenvalue weighted by molar-refractivity contribution is -0.648. The molecule has 0 bridgehead atoms. The van der Waals surface area contributed by atoms with Gasteiger partial charge in [-0.25, -0.2) is 0 Å². The zero-order chi connectivity index (χ0) is 16.6. The quantitative estimate of drug-likeness (QED) is 0.592. The van der Waals surface area contributed by atoms with E-state index >= 15 is 0 Å². The van der Waals surface area contributed by atoms with E-state index in [4.69, 9.17) is 0 Å². The van der Waals surface area contributed by atoms with E-state index in [1.54, 1.807) is 0 Å². The Morgan fingerprint density at radius 3 is 1.48 bits per heavy atom. The van der Waals surface area contributed by atoms with Crippen LogP contribution in [0.4, 0.5) is 17.1 Å². The van der Waals surface area contributed by atoms with Crippen LogP contribution < -0.4 is 10.4 Å². The minimum Gasteiger partial charge on any atom is -0.863 e. The van der Waals surface area contributed by atoms with E-state index in [1.807, 2.05) is 0 Å². The van der Waals surface area contributed by atoms with Crippen LogP contribution >= 0.6 is 0 Å². The number of nitro benzene ring substituents is 3. The molecule has 21 heavy (non-hydrogen) atoms. The zero-order valence-electron chi connectivity index (χ0n) is 11.3. The van der Waals surface area contributed by atoms with Crippen LogP contribution in [0.3, 0.4) is 0 Å². The Hall–Kier alpha value is -2.82. The van der Waals surface area contributed by atoms with Crippen molar-refractivity contribution in [3.8, 4) is 5.75 Å². The fourth-order valence-corrected chi connectivity index (χ4v) is 1.25. The van der Waals surface area contributed by atoms with Crippen LogP contribution in [0.2, 0.25) is 0 Å². The van der Waals surface area contributed by atoms with Crippen LogP contribution in [0, 0.1) is 30.3 Å². The van der Waals surface area contributed by atoms with Gasteiger partial charge in [-0.05, 0) is 13.8 Å². The maximum Gasteiger partial charge on any atom is 0.283 e. The topological polar surface area (TPSA) is 169 Å². The fourth-order valence-electron chi connectivity index (χ4n) is 1.25. The summed E-state index contributed by atoms with van der Waals surface area (Å²) < 4.78 is 0. The molecule has 11 nitrogen and oxygen atoms in total. The van der Waals surface area contributed by atoms with Crippen molar-refractivity contribution in [2.75, 3.05) is 13.1 Å². The molecule has 0 unspecified atom stereocenters. The summed E-state index contributed by atoms with van der Waals surface area (Å²) in [6, 6.07) is 0.769. The number of benzene rings is 1. The van der Waals surface area contributed by atoms with E-state index in [0.29, 0.717) is 12.1 Å². The third kappa shape index (κ3) is 5.36. The Bertz CT molecular complexity index is 509. The summed E-state index contributed by atoms with van der Waals surface area (Å²) >= 11 is 0. The van der Waals surface area contributed by atoms with Gasteiger partial charge in [0.1, 0.15) is 0 Å². The van der Waals surface area contributed by atoms with Crippen LogP contribution in [0.1, 0.15) is 13.8 Å². The second-order valence-electron chi connectivity index (χ2n) is 3.69. The standard InChI is InChI=1S/C6H3N3O7.C4H11N/c10-6-4(8(13)14)1-3(7(11)12)2-5(6)9(15)16;1-3-5-4-2/h1-2,10H;5H,3-4H2,1-2H3. The molecule has 116 valence electrons. The van der Waals surface area contributed by atoms with E-state index in [0.717, 1.165) is 0 Å². The number of quaternary nitrogens is 1. The van der Waals surface area contributed by atoms with Crippen molar-refractivity contribution in [1.29, 1.82) is 0 Å². The molecule has 1 rings (SSSR count). The lowest BCUT2D eigenvalue weighted by Crippen LogP contribution is -2.82. The zero-order valence-corrected chi connectivity index (χ0v) is 11.3. The molecule has 0 saturated heterocycles. The molecular weight excluding hydrogens is 288 g/mol. The highest BCUT2D eigenvalue weighted by Gasteiger charge is 2.24. The van der Waals surface area contributed by atoms with Crippen molar-refractivity contribution in [3.05, 3.63) is 42.5 Å². The van der Waals surface area contributed by atoms with Gasteiger partial charge in [-0.2, -0.15) is 0 Å². The van der Waals surface area contributed by atoms with Gasteiger partial charge in [0, 0.05) is 0 Å². The highest BCUT2D eigenvalue weighted by molar-refractivity contribution is 5.63. The first-order valence-corrected chi connectivity index (χ1v) is 5.86. The number of nitro groups is 3. The van der Waals surface area contributed by atoms with E-state index in [-0.39, 0.29) is 0 Å². The summed E-state index contributed by atoms with van der Waals surface area (Å²) in [7, 11) is 0. The van der Waals surface area contributed by atoms with E-state index in [1.165, 1.54) is 13.1 Å². The molecule has 0 heterocycles. The van der Waals surface area contributed by atoms with Gasteiger partial charge in [0.15, 0.2) is 0 Å². The Morgan fingerprint density at radius 1 is 0.905 bits per heavy atom. The van der Waals surface area contributed by atoms with Gasteiger partial charge in [-0.3, -0.25) is 30.3 Å². The molecule has 0 spiro atoms. The first-order valence-electron chi connectivity index (χ1n) is 5.86. The molecule has 0 aliphatic carbocycles. The number of nitrogens with two attached hydrogens (primary N) is 1. The second-order valence-corrected chi connectivity index (χ2v) is 3.69. The average molecular weight is 302 g/mol. The van der Waals surface area contributed by atoms with Crippen LogP contribution in [0.5, 0.6) is 5.75 Å². The molecule has 0 saturated carbocycles. The predicted molar refractivity (Wildman–Crippen MR) is 68.9 cm³/mol. The van der Waals surface area contributed by atoms with Gasteiger partial charge >= 0.3 is 0 Å². The van der Waals surface area contributed by atoms with Crippen molar-refractivity contribution < 1.29 is 25.2 Å². The molecule has 0 fully saturated rings. The van der Waals surface area contributed by atoms with Crippen molar-refractivity contribution in [2.24, 2.45) is 0 Å². The summed E-state index contributed by atoms with van der Waals surface area (Å²) in [5, 5.41) is 44.4. The number of non-ortho nitro benzene ring substituents is 1. The number of nitrogens with zero attached hydrogens (tertiary/aromatic N) is 3. The summed E-state index contributed by atoms with van der Waals surface area (Å²) in [6.45, 7) is 6.75. The Kier molecular flexibility index (Phi) is 7.25. The van der Waals surface area contributed by atoms with Crippen LogP contribution in [0.15, 0.2) is 12.1 Å². The Morgan fingerprint density at radius 2 is 1.29 bits per heavy atom.